The Labute approximate surface area is 147 Å². The van der Waals surface area contributed by atoms with Gasteiger partial charge in [-0.3, -0.25) is 4.79 Å². The predicted molar refractivity (Wildman–Crippen MR) is 91.0 cm³/mol. The third kappa shape index (κ3) is 4.72. The molecular weight excluding hydrogens is 322 g/mol. The highest BCUT2D eigenvalue weighted by Gasteiger charge is 2.36. The number of ether oxygens (including phenoxy) is 2. The van der Waals surface area contributed by atoms with Crippen molar-refractivity contribution in [2.24, 2.45) is 11.8 Å². The molecule has 0 radical (unpaired) electrons. The second-order valence-corrected chi connectivity index (χ2v) is 6.85. The molecule has 25 heavy (non-hydrogen) atoms. The third-order valence-electron chi connectivity index (χ3n) is 5.17. The van der Waals surface area contributed by atoms with Crippen molar-refractivity contribution in [2.45, 2.75) is 38.4 Å². The Morgan fingerprint density at radius 2 is 1.88 bits per heavy atom. The van der Waals surface area contributed by atoms with Crippen LogP contribution in [-0.2, 0) is 20.9 Å². The summed E-state index contributed by atoms with van der Waals surface area (Å²) in [5, 5.41) is 9.23. The normalized spacial score (nSPS) is 24.2. The molecule has 2 fully saturated rings. The van der Waals surface area contributed by atoms with Gasteiger partial charge in [0.15, 0.2) is 0 Å². The summed E-state index contributed by atoms with van der Waals surface area (Å²) in [6.45, 7) is 2.13. The van der Waals surface area contributed by atoms with Gasteiger partial charge in [-0.2, -0.15) is 0 Å². The van der Waals surface area contributed by atoms with Gasteiger partial charge in [0.25, 0.3) is 0 Å². The fraction of sp³-hybridized carbons (Fsp3) is 0.579. The van der Waals surface area contributed by atoms with Crippen molar-refractivity contribution in [2.75, 3.05) is 19.7 Å². The lowest BCUT2D eigenvalue weighted by Gasteiger charge is -2.32. The Hall–Kier alpha value is -2.08. The van der Waals surface area contributed by atoms with Gasteiger partial charge in [-0.15, -0.1) is 0 Å². The Bertz CT molecular complexity index is 583. The summed E-state index contributed by atoms with van der Waals surface area (Å²) in [5.41, 5.74) is 0.976. The van der Waals surface area contributed by atoms with E-state index in [4.69, 9.17) is 9.47 Å². The molecule has 1 amide bonds. The number of aliphatic carboxylic acids is 1. The van der Waals surface area contributed by atoms with Crippen LogP contribution in [0.2, 0.25) is 0 Å². The van der Waals surface area contributed by atoms with E-state index in [1.165, 1.54) is 0 Å². The number of hydrogen-bond donors (Lipinski definition) is 1. The number of likely N-dealkylation sites (tertiary alicyclic amines) is 1. The maximum atomic E-state index is 12.2. The van der Waals surface area contributed by atoms with Crippen LogP contribution < -0.4 is 0 Å². The first-order chi connectivity index (χ1) is 12.1. The van der Waals surface area contributed by atoms with Gasteiger partial charge in [0.2, 0.25) is 0 Å². The van der Waals surface area contributed by atoms with Crippen LogP contribution in [-0.4, -0.2) is 47.9 Å². The van der Waals surface area contributed by atoms with Gasteiger partial charge in [-0.1, -0.05) is 30.3 Å². The maximum Gasteiger partial charge on any atom is 0.410 e. The third-order valence-corrected chi connectivity index (χ3v) is 5.17. The van der Waals surface area contributed by atoms with Crippen LogP contribution in [0, 0.1) is 11.8 Å². The number of nitrogens with zero attached hydrogens (tertiary/aromatic N) is 1. The molecule has 2 heterocycles. The summed E-state index contributed by atoms with van der Waals surface area (Å²) in [5.74, 6) is -0.735. The maximum absolute atomic E-state index is 12.2. The van der Waals surface area contributed by atoms with Crippen LogP contribution in [0.25, 0.3) is 0 Å². The van der Waals surface area contributed by atoms with E-state index in [1.54, 1.807) is 4.90 Å². The predicted octanol–water partition coefficient (Wildman–Crippen LogP) is 2.92. The van der Waals surface area contributed by atoms with E-state index in [2.05, 4.69) is 0 Å². The highest BCUT2D eigenvalue weighted by molar-refractivity contribution is 5.71. The van der Waals surface area contributed by atoms with Gasteiger partial charge in [-0.05, 0) is 37.2 Å². The summed E-state index contributed by atoms with van der Waals surface area (Å²) in [7, 11) is 0. The van der Waals surface area contributed by atoms with E-state index >= 15 is 0 Å². The Kier molecular flexibility index (Phi) is 5.91. The van der Waals surface area contributed by atoms with E-state index in [9.17, 15) is 14.7 Å². The van der Waals surface area contributed by atoms with E-state index in [0.29, 0.717) is 32.0 Å². The first-order valence-corrected chi connectivity index (χ1v) is 8.93. The number of carboxylic acids is 1. The van der Waals surface area contributed by atoms with Crippen LogP contribution >= 0.6 is 0 Å². The van der Waals surface area contributed by atoms with Crippen LogP contribution in [0.3, 0.4) is 0 Å². The first-order valence-electron chi connectivity index (χ1n) is 8.93. The van der Waals surface area contributed by atoms with Crippen LogP contribution in [0.15, 0.2) is 30.3 Å². The zero-order valence-corrected chi connectivity index (χ0v) is 14.3. The van der Waals surface area contributed by atoms with Crippen LogP contribution in [0.1, 0.15) is 31.2 Å². The molecule has 2 atom stereocenters. The lowest BCUT2D eigenvalue weighted by Crippen LogP contribution is -2.40. The second-order valence-electron chi connectivity index (χ2n) is 6.85. The molecule has 0 spiro atoms. The molecule has 1 N–H and O–H groups in total. The molecule has 1 aromatic carbocycles. The van der Waals surface area contributed by atoms with E-state index < -0.39 is 5.97 Å². The van der Waals surface area contributed by atoms with Gasteiger partial charge in [0, 0.05) is 19.7 Å². The molecule has 3 rings (SSSR count). The second kappa shape index (κ2) is 8.34. The smallest absolute Gasteiger partial charge is 0.410 e. The summed E-state index contributed by atoms with van der Waals surface area (Å²) < 4.78 is 11.0. The minimum absolute atomic E-state index is 0.181. The van der Waals surface area contributed by atoms with Crippen molar-refractivity contribution in [3.63, 3.8) is 0 Å². The zero-order chi connectivity index (χ0) is 17.6. The SMILES string of the molecule is O=C(O)[C@H]1CCO[C@H]1CC1CCN(C(=O)OCc2ccccc2)CC1. The summed E-state index contributed by atoms with van der Waals surface area (Å²) >= 11 is 0. The number of amides is 1. The topological polar surface area (TPSA) is 76.1 Å². The van der Waals surface area contributed by atoms with Gasteiger partial charge in [-0.25, -0.2) is 4.79 Å². The molecule has 0 aliphatic carbocycles. The molecule has 0 saturated carbocycles. The number of carbonyl (C=O) groups is 2. The van der Waals surface area contributed by atoms with Crippen molar-refractivity contribution < 1.29 is 24.2 Å². The standard InChI is InChI=1S/C19H25NO5/c21-18(22)16-8-11-24-17(16)12-14-6-9-20(10-7-14)19(23)25-13-15-4-2-1-3-5-15/h1-5,14,16-17H,6-13H2,(H,21,22)/t16-,17-/m0/s1. The van der Waals surface area contributed by atoms with Gasteiger partial charge in [0.1, 0.15) is 6.61 Å². The van der Waals surface area contributed by atoms with Crippen LogP contribution in [0.5, 0.6) is 0 Å². The molecule has 2 saturated heterocycles. The lowest BCUT2D eigenvalue weighted by atomic mass is 9.87. The Morgan fingerprint density at radius 1 is 1.16 bits per heavy atom. The molecule has 6 heteroatoms. The minimum Gasteiger partial charge on any atom is -0.481 e. The monoisotopic (exact) mass is 347 g/mol. The molecule has 136 valence electrons. The Morgan fingerprint density at radius 3 is 2.56 bits per heavy atom. The van der Waals surface area contributed by atoms with E-state index in [0.717, 1.165) is 24.8 Å². The highest BCUT2D eigenvalue weighted by atomic mass is 16.6. The van der Waals surface area contributed by atoms with Crippen molar-refractivity contribution in [3.8, 4) is 0 Å². The Balaban J connectivity index is 1.41. The molecule has 0 bridgehead atoms. The summed E-state index contributed by atoms with van der Waals surface area (Å²) in [6, 6.07) is 9.63. The van der Waals surface area contributed by atoms with Gasteiger partial charge >= 0.3 is 12.1 Å². The fourth-order valence-corrected chi connectivity index (χ4v) is 3.65. The average Bonchev–Trinajstić information content (AvgIpc) is 3.09. The molecule has 2 aliphatic heterocycles. The molecule has 0 aromatic heterocycles. The molecular formula is C19H25NO5. The molecule has 1 aromatic rings. The van der Waals surface area contributed by atoms with E-state index in [1.807, 2.05) is 30.3 Å². The average molecular weight is 347 g/mol. The number of piperidine rings is 1. The zero-order valence-electron chi connectivity index (χ0n) is 14.3. The minimum atomic E-state index is -0.760. The number of benzene rings is 1. The number of carboxylic acid groups (broad SMARTS) is 1. The molecule has 2 aliphatic rings. The fourth-order valence-electron chi connectivity index (χ4n) is 3.65. The number of carbonyl (C=O) groups excluding carboxylic acids is 1. The summed E-state index contributed by atoms with van der Waals surface area (Å²) in [4.78, 5) is 25.1. The first kappa shape index (κ1) is 17.7. The quantitative estimate of drug-likeness (QED) is 0.886. The van der Waals surface area contributed by atoms with Crippen molar-refractivity contribution in [1.29, 1.82) is 0 Å². The number of rotatable bonds is 5. The van der Waals surface area contributed by atoms with Crippen molar-refractivity contribution in [3.05, 3.63) is 35.9 Å². The van der Waals surface area contributed by atoms with E-state index in [-0.39, 0.29) is 24.7 Å². The van der Waals surface area contributed by atoms with Gasteiger partial charge < -0.3 is 19.5 Å². The highest BCUT2D eigenvalue weighted by Crippen LogP contribution is 2.31. The molecule has 6 nitrogen and oxygen atoms in total. The molecule has 0 unspecified atom stereocenters. The number of hydrogen-bond acceptors (Lipinski definition) is 4. The van der Waals surface area contributed by atoms with Crippen molar-refractivity contribution >= 4 is 12.1 Å². The summed E-state index contributed by atoms with van der Waals surface area (Å²) in [6.07, 6.45) is 2.65. The van der Waals surface area contributed by atoms with Crippen LogP contribution in [0.4, 0.5) is 4.79 Å². The van der Waals surface area contributed by atoms with Crippen molar-refractivity contribution in [1.82, 2.24) is 4.90 Å². The van der Waals surface area contributed by atoms with Gasteiger partial charge in [0.05, 0.1) is 12.0 Å². The largest absolute Gasteiger partial charge is 0.481 e. The lowest BCUT2D eigenvalue weighted by molar-refractivity contribution is -0.143.